The quantitative estimate of drug-likeness (QED) is 0.781. The first-order valence-corrected chi connectivity index (χ1v) is 8.28. The van der Waals surface area contributed by atoms with Gasteiger partial charge in [-0.2, -0.15) is 0 Å². The lowest BCUT2D eigenvalue weighted by atomic mass is 9.81. The number of carbonyl (C=O) groups excluding carboxylic acids is 1. The number of ketones is 1. The van der Waals surface area contributed by atoms with Gasteiger partial charge in [-0.15, -0.1) is 0 Å². The molecule has 0 radical (unpaired) electrons. The number of carbonyl (C=O) groups is 1. The molecule has 0 saturated carbocycles. The van der Waals surface area contributed by atoms with Crippen molar-refractivity contribution in [2.75, 3.05) is 7.11 Å². The van der Waals surface area contributed by atoms with Gasteiger partial charge in [0.25, 0.3) is 5.56 Å². The monoisotopic (exact) mass is 334 g/mol. The molecule has 2 aromatic carbocycles. The SMILES string of the molecule is COc1ccc2c(c1)CC[C@@H](c1nc3ccc(C)cc3[nH]c1=O)C2=O. The fourth-order valence-electron chi connectivity index (χ4n) is 3.47. The molecule has 5 nitrogen and oxygen atoms in total. The van der Waals surface area contributed by atoms with Gasteiger partial charge in [0.05, 0.1) is 24.1 Å². The van der Waals surface area contributed by atoms with Gasteiger partial charge in [-0.05, 0) is 61.2 Å². The molecule has 126 valence electrons. The fourth-order valence-corrected chi connectivity index (χ4v) is 3.47. The highest BCUT2D eigenvalue weighted by Gasteiger charge is 2.31. The van der Waals surface area contributed by atoms with Gasteiger partial charge in [0.2, 0.25) is 0 Å². The van der Waals surface area contributed by atoms with Crippen LogP contribution in [0.25, 0.3) is 11.0 Å². The Labute approximate surface area is 144 Å². The molecule has 0 fully saturated rings. The van der Waals surface area contributed by atoms with Crippen LogP contribution < -0.4 is 10.3 Å². The third-order valence-corrected chi connectivity index (χ3v) is 4.80. The summed E-state index contributed by atoms with van der Waals surface area (Å²) < 4.78 is 5.23. The van der Waals surface area contributed by atoms with Gasteiger partial charge in [0.15, 0.2) is 5.78 Å². The van der Waals surface area contributed by atoms with Crippen LogP contribution in [0.1, 0.15) is 39.5 Å². The van der Waals surface area contributed by atoms with Crippen LogP contribution in [0, 0.1) is 6.92 Å². The molecule has 1 aliphatic carbocycles. The largest absolute Gasteiger partial charge is 0.497 e. The number of aryl methyl sites for hydroxylation is 2. The lowest BCUT2D eigenvalue weighted by molar-refractivity contribution is 0.0943. The number of fused-ring (bicyclic) bond motifs is 2. The maximum atomic E-state index is 12.9. The van der Waals surface area contributed by atoms with Crippen LogP contribution in [0.2, 0.25) is 0 Å². The Bertz CT molecular complexity index is 1050. The summed E-state index contributed by atoms with van der Waals surface area (Å²) in [4.78, 5) is 32.8. The van der Waals surface area contributed by atoms with Crippen molar-refractivity contribution >= 4 is 16.8 Å². The zero-order valence-corrected chi connectivity index (χ0v) is 14.1. The van der Waals surface area contributed by atoms with Gasteiger partial charge < -0.3 is 9.72 Å². The minimum Gasteiger partial charge on any atom is -0.497 e. The van der Waals surface area contributed by atoms with Crippen LogP contribution >= 0.6 is 0 Å². The van der Waals surface area contributed by atoms with Gasteiger partial charge >= 0.3 is 0 Å². The molecule has 0 bridgehead atoms. The molecule has 3 aromatic rings. The second-order valence-electron chi connectivity index (χ2n) is 6.45. The molecular formula is C20H18N2O3. The van der Waals surface area contributed by atoms with E-state index in [0.717, 1.165) is 23.3 Å². The van der Waals surface area contributed by atoms with E-state index in [1.54, 1.807) is 19.2 Å². The Morgan fingerprint density at radius 3 is 2.80 bits per heavy atom. The highest BCUT2D eigenvalue weighted by Crippen LogP contribution is 2.32. The van der Waals surface area contributed by atoms with Crippen molar-refractivity contribution in [2.24, 2.45) is 0 Å². The maximum absolute atomic E-state index is 12.9. The zero-order valence-electron chi connectivity index (χ0n) is 14.1. The van der Waals surface area contributed by atoms with E-state index in [9.17, 15) is 9.59 Å². The van der Waals surface area contributed by atoms with Crippen molar-refractivity contribution < 1.29 is 9.53 Å². The molecule has 1 heterocycles. The third kappa shape index (κ3) is 2.61. The number of Topliss-reactive ketones (excluding diaryl/α,β-unsaturated/α-hetero) is 1. The molecular weight excluding hydrogens is 316 g/mol. The summed E-state index contributed by atoms with van der Waals surface area (Å²) in [6, 6.07) is 11.2. The van der Waals surface area contributed by atoms with Gasteiger partial charge in [-0.3, -0.25) is 9.59 Å². The maximum Gasteiger partial charge on any atom is 0.270 e. The Balaban J connectivity index is 1.78. The van der Waals surface area contributed by atoms with Crippen molar-refractivity contribution in [2.45, 2.75) is 25.7 Å². The first-order chi connectivity index (χ1) is 12.1. The first kappa shape index (κ1) is 15.6. The molecule has 1 N–H and O–H groups in total. The number of benzene rings is 2. The van der Waals surface area contributed by atoms with E-state index in [0.29, 0.717) is 28.7 Å². The van der Waals surface area contributed by atoms with Crippen LogP contribution in [0.5, 0.6) is 5.75 Å². The van der Waals surface area contributed by atoms with E-state index >= 15 is 0 Å². The molecule has 1 atom stereocenters. The molecule has 0 saturated heterocycles. The predicted molar refractivity (Wildman–Crippen MR) is 95.5 cm³/mol. The number of nitrogens with zero attached hydrogens (tertiary/aromatic N) is 1. The summed E-state index contributed by atoms with van der Waals surface area (Å²) in [5.74, 6) is 0.186. The minimum atomic E-state index is -0.504. The van der Waals surface area contributed by atoms with Crippen molar-refractivity contribution in [3.63, 3.8) is 0 Å². The van der Waals surface area contributed by atoms with Crippen LogP contribution in [0.4, 0.5) is 0 Å². The Morgan fingerprint density at radius 2 is 2.00 bits per heavy atom. The topological polar surface area (TPSA) is 72.0 Å². The Hall–Kier alpha value is -2.95. The average molecular weight is 334 g/mol. The molecule has 25 heavy (non-hydrogen) atoms. The summed E-state index contributed by atoms with van der Waals surface area (Å²) in [5, 5.41) is 0. The number of ether oxygens (including phenoxy) is 1. The third-order valence-electron chi connectivity index (χ3n) is 4.80. The number of rotatable bonds is 2. The molecule has 0 amide bonds. The van der Waals surface area contributed by atoms with Crippen molar-refractivity contribution in [1.29, 1.82) is 0 Å². The molecule has 0 unspecified atom stereocenters. The van der Waals surface area contributed by atoms with Crippen LogP contribution in [0.15, 0.2) is 41.2 Å². The number of hydrogen-bond donors (Lipinski definition) is 1. The number of methoxy groups -OCH3 is 1. The second-order valence-corrected chi connectivity index (χ2v) is 6.45. The van der Waals surface area contributed by atoms with Crippen LogP contribution in [-0.2, 0) is 6.42 Å². The minimum absolute atomic E-state index is 0.0478. The molecule has 0 aliphatic heterocycles. The summed E-state index contributed by atoms with van der Waals surface area (Å²) in [6.45, 7) is 1.96. The van der Waals surface area contributed by atoms with E-state index in [4.69, 9.17) is 4.74 Å². The average Bonchev–Trinajstić information content (AvgIpc) is 2.61. The Morgan fingerprint density at radius 1 is 1.16 bits per heavy atom. The highest BCUT2D eigenvalue weighted by molar-refractivity contribution is 6.03. The van der Waals surface area contributed by atoms with Crippen LogP contribution in [0.3, 0.4) is 0 Å². The van der Waals surface area contributed by atoms with E-state index in [2.05, 4.69) is 9.97 Å². The molecule has 5 heteroatoms. The molecule has 1 aliphatic rings. The smallest absolute Gasteiger partial charge is 0.270 e. The standard InChI is InChI=1S/C20H18N2O3/c1-11-3-8-16-17(9-11)22-20(24)18(21-16)15-6-4-12-10-13(25-2)5-7-14(12)19(15)23/h3,5,7-10,15H,4,6H2,1-2H3,(H,22,24)/t15-/m0/s1. The van der Waals surface area contributed by atoms with Crippen molar-refractivity contribution in [3.05, 3.63) is 69.1 Å². The number of nitrogens with one attached hydrogen (secondary N) is 1. The fraction of sp³-hybridized carbons (Fsp3) is 0.250. The first-order valence-electron chi connectivity index (χ1n) is 8.28. The van der Waals surface area contributed by atoms with E-state index in [1.807, 2.05) is 31.2 Å². The van der Waals surface area contributed by atoms with Crippen LogP contribution in [-0.4, -0.2) is 22.9 Å². The van der Waals surface area contributed by atoms with Gasteiger partial charge in [0, 0.05) is 5.56 Å². The summed E-state index contributed by atoms with van der Waals surface area (Å²) in [7, 11) is 1.61. The number of H-pyrrole nitrogens is 1. The second kappa shape index (κ2) is 5.84. The lowest BCUT2D eigenvalue weighted by Crippen LogP contribution is -2.28. The van der Waals surface area contributed by atoms with Gasteiger partial charge in [0.1, 0.15) is 11.4 Å². The van der Waals surface area contributed by atoms with Crippen molar-refractivity contribution in [1.82, 2.24) is 9.97 Å². The van der Waals surface area contributed by atoms with Gasteiger partial charge in [-0.1, -0.05) is 6.07 Å². The molecule has 0 spiro atoms. The number of aromatic nitrogens is 2. The summed E-state index contributed by atoms with van der Waals surface area (Å²) >= 11 is 0. The normalized spacial score (nSPS) is 16.7. The summed E-state index contributed by atoms with van der Waals surface area (Å²) in [6.07, 6.45) is 1.29. The number of hydrogen-bond acceptors (Lipinski definition) is 4. The van der Waals surface area contributed by atoms with E-state index in [1.165, 1.54) is 0 Å². The molecule has 4 rings (SSSR count). The molecule has 1 aromatic heterocycles. The van der Waals surface area contributed by atoms with E-state index < -0.39 is 5.92 Å². The lowest BCUT2D eigenvalue weighted by Gasteiger charge is -2.23. The predicted octanol–water partition coefficient (Wildman–Crippen LogP) is 3.15. The number of aromatic amines is 1. The highest BCUT2D eigenvalue weighted by atomic mass is 16.5. The van der Waals surface area contributed by atoms with Crippen molar-refractivity contribution in [3.8, 4) is 5.75 Å². The Kier molecular flexibility index (Phi) is 3.64. The van der Waals surface area contributed by atoms with Gasteiger partial charge in [-0.25, -0.2) is 4.98 Å². The zero-order chi connectivity index (χ0) is 17.6. The van der Waals surface area contributed by atoms with E-state index in [-0.39, 0.29) is 11.3 Å². The summed E-state index contributed by atoms with van der Waals surface area (Å²) in [5.41, 5.74) is 4.09.